The predicted molar refractivity (Wildman–Crippen MR) is 35.8 cm³/mol. The van der Waals surface area contributed by atoms with Crippen LogP contribution in [0.1, 0.15) is 18.2 Å². The van der Waals surface area contributed by atoms with Gasteiger partial charge in [-0.3, -0.25) is 9.89 Å². The lowest BCUT2D eigenvalue weighted by Crippen LogP contribution is -2.05. The number of carbonyl (C=O) groups is 1. The molecule has 0 aliphatic carbocycles. The predicted octanol–water partition coefficient (Wildman–Crippen LogP) is -0.0822. The lowest BCUT2D eigenvalue weighted by Gasteiger charge is -2.02. The maximum atomic E-state index is 10.1. The van der Waals surface area contributed by atoms with Crippen molar-refractivity contribution in [3.8, 4) is 0 Å². The topological polar surface area (TPSA) is 86.2 Å². The first kappa shape index (κ1) is 7.74. The van der Waals surface area contributed by atoms with Crippen LogP contribution < -0.4 is 0 Å². The average molecular weight is 156 g/mol. The molecule has 1 aromatic heterocycles. The summed E-state index contributed by atoms with van der Waals surface area (Å²) in [5, 5.41) is 23.5. The van der Waals surface area contributed by atoms with E-state index in [0.717, 1.165) is 0 Å². The van der Waals surface area contributed by atoms with Crippen molar-refractivity contribution in [1.82, 2.24) is 10.2 Å². The third kappa shape index (κ3) is 2.05. The minimum Gasteiger partial charge on any atom is -0.481 e. The Kier molecular flexibility index (Phi) is 2.22. The summed E-state index contributed by atoms with van der Waals surface area (Å²) in [4.78, 5) is 10.1. The van der Waals surface area contributed by atoms with E-state index in [9.17, 15) is 4.79 Å². The van der Waals surface area contributed by atoms with E-state index in [-0.39, 0.29) is 6.42 Å². The quantitative estimate of drug-likeness (QED) is 0.571. The summed E-state index contributed by atoms with van der Waals surface area (Å²) >= 11 is 0. The zero-order valence-corrected chi connectivity index (χ0v) is 5.69. The molecule has 0 fully saturated rings. The van der Waals surface area contributed by atoms with Crippen LogP contribution in [0, 0.1) is 0 Å². The van der Waals surface area contributed by atoms with Crippen LogP contribution in [-0.2, 0) is 4.79 Å². The van der Waals surface area contributed by atoms with Crippen molar-refractivity contribution in [2.45, 2.75) is 12.5 Å². The molecule has 0 aliphatic rings. The largest absolute Gasteiger partial charge is 0.481 e. The van der Waals surface area contributed by atoms with E-state index in [2.05, 4.69) is 10.2 Å². The monoisotopic (exact) mass is 156 g/mol. The number of carboxylic acid groups (broad SMARTS) is 1. The summed E-state index contributed by atoms with van der Waals surface area (Å²) in [6, 6.07) is 1.54. The summed E-state index contributed by atoms with van der Waals surface area (Å²) in [5.74, 6) is -1.04. The number of aromatic amines is 1. The molecule has 0 radical (unpaired) electrons. The molecule has 0 bridgehead atoms. The van der Waals surface area contributed by atoms with Gasteiger partial charge in [0.1, 0.15) is 6.10 Å². The van der Waals surface area contributed by atoms with Crippen LogP contribution in [0.4, 0.5) is 0 Å². The molecule has 0 saturated heterocycles. The molecule has 0 aliphatic heterocycles. The van der Waals surface area contributed by atoms with E-state index in [1.54, 1.807) is 0 Å². The van der Waals surface area contributed by atoms with Gasteiger partial charge in [-0.1, -0.05) is 0 Å². The van der Waals surface area contributed by atoms with E-state index in [0.29, 0.717) is 5.69 Å². The maximum absolute atomic E-state index is 10.1. The smallest absolute Gasteiger partial charge is 0.306 e. The van der Waals surface area contributed by atoms with Crippen LogP contribution in [0.2, 0.25) is 0 Å². The number of aliphatic hydroxyl groups is 1. The Labute approximate surface area is 62.7 Å². The van der Waals surface area contributed by atoms with Gasteiger partial charge in [-0.15, -0.1) is 0 Å². The second-order valence-electron chi connectivity index (χ2n) is 2.13. The summed E-state index contributed by atoms with van der Waals surface area (Å²) in [6.45, 7) is 0. The zero-order chi connectivity index (χ0) is 8.27. The second kappa shape index (κ2) is 3.16. The van der Waals surface area contributed by atoms with E-state index in [1.807, 2.05) is 0 Å². The molecule has 1 aromatic rings. The summed E-state index contributed by atoms with van der Waals surface area (Å²) in [5.41, 5.74) is 0.424. The number of rotatable bonds is 3. The number of aliphatic hydroxyl groups excluding tert-OH is 1. The van der Waals surface area contributed by atoms with Crippen molar-refractivity contribution >= 4 is 5.97 Å². The molecule has 1 heterocycles. The molecule has 0 saturated carbocycles. The number of aromatic nitrogens is 2. The van der Waals surface area contributed by atoms with Crippen molar-refractivity contribution in [3.05, 3.63) is 18.0 Å². The van der Waals surface area contributed by atoms with Crippen LogP contribution in [0.15, 0.2) is 12.3 Å². The average Bonchev–Trinajstić information content (AvgIpc) is 2.35. The minimum atomic E-state index is -1.04. The Morgan fingerprint density at radius 1 is 1.82 bits per heavy atom. The molecule has 0 spiro atoms. The highest BCUT2D eigenvalue weighted by Crippen LogP contribution is 2.11. The van der Waals surface area contributed by atoms with Gasteiger partial charge in [-0.25, -0.2) is 0 Å². The van der Waals surface area contributed by atoms with Crippen molar-refractivity contribution in [2.75, 3.05) is 0 Å². The standard InChI is InChI=1S/C6H8N2O3/c9-5(3-6(10)11)4-1-2-7-8-4/h1-2,5,9H,3H2,(H,7,8)(H,10,11)/t5-/m0/s1. The van der Waals surface area contributed by atoms with Gasteiger partial charge in [-0.05, 0) is 6.07 Å². The van der Waals surface area contributed by atoms with Gasteiger partial charge in [0.25, 0.3) is 0 Å². The van der Waals surface area contributed by atoms with Crippen LogP contribution >= 0.6 is 0 Å². The molecule has 1 atom stereocenters. The summed E-state index contributed by atoms with van der Waals surface area (Å²) in [7, 11) is 0. The second-order valence-corrected chi connectivity index (χ2v) is 2.13. The van der Waals surface area contributed by atoms with E-state index in [4.69, 9.17) is 10.2 Å². The fraction of sp³-hybridized carbons (Fsp3) is 0.333. The number of hydrogen-bond acceptors (Lipinski definition) is 3. The molecular weight excluding hydrogens is 148 g/mol. The molecule has 3 N–H and O–H groups in total. The Hall–Kier alpha value is -1.36. The lowest BCUT2D eigenvalue weighted by atomic mass is 10.2. The maximum Gasteiger partial charge on any atom is 0.306 e. The number of H-pyrrole nitrogens is 1. The van der Waals surface area contributed by atoms with Crippen molar-refractivity contribution in [1.29, 1.82) is 0 Å². The van der Waals surface area contributed by atoms with Crippen LogP contribution in [0.5, 0.6) is 0 Å². The van der Waals surface area contributed by atoms with Gasteiger partial charge in [0.05, 0.1) is 12.1 Å². The molecule has 11 heavy (non-hydrogen) atoms. The molecule has 60 valence electrons. The summed E-state index contributed by atoms with van der Waals surface area (Å²) in [6.07, 6.45) is 0.165. The highest BCUT2D eigenvalue weighted by Gasteiger charge is 2.12. The Morgan fingerprint density at radius 2 is 2.55 bits per heavy atom. The van der Waals surface area contributed by atoms with Crippen molar-refractivity contribution < 1.29 is 15.0 Å². The van der Waals surface area contributed by atoms with E-state index < -0.39 is 12.1 Å². The van der Waals surface area contributed by atoms with Crippen molar-refractivity contribution in [3.63, 3.8) is 0 Å². The highest BCUT2D eigenvalue weighted by atomic mass is 16.4. The van der Waals surface area contributed by atoms with Gasteiger partial charge in [0.2, 0.25) is 0 Å². The fourth-order valence-corrected chi connectivity index (χ4v) is 0.728. The normalized spacial score (nSPS) is 12.8. The van der Waals surface area contributed by atoms with E-state index in [1.165, 1.54) is 12.3 Å². The Balaban J connectivity index is 2.56. The van der Waals surface area contributed by atoms with Crippen LogP contribution in [0.25, 0.3) is 0 Å². The third-order valence-electron chi connectivity index (χ3n) is 1.25. The van der Waals surface area contributed by atoms with Crippen LogP contribution in [0.3, 0.4) is 0 Å². The van der Waals surface area contributed by atoms with Gasteiger partial charge in [0.15, 0.2) is 0 Å². The number of carboxylic acids is 1. The highest BCUT2D eigenvalue weighted by molar-refractivity contribution is 5.67. The molecule has 5 nitrogen and oxygen atoms in total. The first-order valence-electron chi connectivity index (χ1n) is 3.09. The fourth-order valence-electron chi connectivity index (χ4n) is 0.728. The van der Waals surface area contributed by atoms with Gasteiger partial charge >= 0.3 is 5.97 Å². The molecule has 0 aromatic carbocycles. The molecule has 0 amide bonds. The van der Waals surface area contributed by atoms with E-state index >= 15 is 0 Å². The molecule has 5 heteroatoms. The number of nitrogens with one attached hydrogen (secondary N) is 1. The first-order valence-corrected chi connectivity index (χ1v) is 3.09. The molecular formula is C6H8N2O3. The number of aliphatic carboxylic acids is 1. The Bertz CT molecular complexity index is 232. The number of nitrogens with zero attached hydrogens (tertiary/aromatic N) is 1. The summed E-state index contributed by atoms with van der Waals surface area (Å²) < 4.78 is 0. The van der Waals surface area contributed by atoms with Gasteiger partial charge in [0, 0.05) is 6.20 Å². The third-order valence-corrected chi connectivity index (χ3v) is 1.25. The van der Waals surface area contributed by atoms with Gasteiger partial charge < -0.3 is 10.2 Å². The number of hydrogen-bond donors (Lipinski definition) is 3. The molecule has 1 rings (SSSR count). The van der Waals surface area contributed by atoms with Crippen LogP contribution in [-0.4, -0.2) is 26.4 Å². The minimum absolute atomic E-state index is 0.303. The SMILES string of the molecule is O=C(O)C[C@H](O)c1ccn[nH]1. The Morgan fingerprint density at radius 3 is 3.00 bits per heavy atom. The zero-order valence-electron chi connectivity index (χ0n) is 5.69. The lowest BCUT2D eigenvalue weighted by molar-refractivity contribution is -0.139. The first-order chi connectivity index (χ1) is 5.20. The molecule has 0 unspecified atom stereocenters. The van der Waals surface area contributed by atoms with Crippen molar-refractivity contribution in [2.24, 2.45) is 0 Å². The van der Waals surface area contributed by atoms with Gasteiger partial charge in [-0.2, -0.15) is 5.10 Å².